The Balaban J connectivity index is 1.60. The van der Waals surface area contributed by atoms with Crippen molar-refractivity contribution in [1.82, 2.24) is 10.1 Å². The number of carbonyl (C=O) groups excluding carboxylic acids is 1. The fraction of sp³-hybridized carbons (Fsp3) is 0.0870. The van der Waals surface area contributed by atoms with Crippen LogP contribution < -0.4 is 14.8 Å². The van der Waals surface area contributed by atoms with Crippen molar-refractivity contribution in [1.29, 1.82) is 0 Å². The van der Waals surface area contributed by atoms with Gasteiger partial charge in [-0.05, 0) is 42.5 Å². The highest BCUT2D eigenvalue weighted by Gasteiger charge is 2.20. The normalized spacial score (nSPS) is 10.6. The van der Waals surface area contributed by atoms with Gasteiger partial charge in [0, 0.05) is 29.1 Å². The number of hydrogen-bond donors (Lipinski definition) is 1. The summed E-state index contributed by atoms with van der Waals surface area (Å²) in [7, 11) is 1.40. The third kappa shape index (κ3) is 4.81. The van der Waals surface area contributed by atoms with E-state index in [0.717, 1.165) is 0 Å². The zero-order chi connectivity index (χ0) is 24.2. The van der Waals surface area contributed by atoms with Crippen molar-refractivity contribution in [2.75, 3.05) is 12.4 Å². The second-order valence-electron chi connectivity index (χ2n) is 6.97. The number of hydrogen-bond acceptors (Lipinski definition) is 8. The summed E-state index contributed by atoms with van der Waals surface area (Å²) >= 11 is 5.85. The van der Waals surface area contributed by atoms with Crippen LogP contribution in [0.2, 0.25) is 5.02 Å². The second-order valence-corrected chi connectivity index (χ2v) is 7.41. The average molecular weight is 481 g/mol. The lowest BCUT2D eigenvalue weighted by Gasteiger charge is -2.13. The number of nitro benzene ring substituents is 1. The maximum Gasteiger partial charge on any atom is 0.313 e. The molecule has 0 saturated carbocycles. The van der Waals surface area contributed by atoms with Crippen molar-refractivity contribution in [2.45, 2.75) is 6.92 Å². The van der Waals surface area contributed by atoms with Crippen LogP contribution in [0.25, 0.3) is 11.4 Å². The van der Waals surface area contributed by atoms with Gasteiger partial charge in [-0.3, -0.25) is 14.9 Å². The van der Waals surface area contributed by atoms with Crippen LogP contribution in [0, 0.1) is 17.0 Å². The molecule has 0 atom stereocenters. The first kappa shape index (κ1) is 22.7. The molecule has 0 radical (unpaired) electrons. The standard InChI is InChI=1S/C23H17ClN4O6/c1-13-25-22(27-34-13)16-5-3-4-6-17(16)26-23(29)14-7-9-20(21(11-14)32-2)33-19-10-8-15(24)12-18(19)28(30)31/h3-12H,1-2H3,(H,26,29). The Bertz CT molecular complexity index is 1390. The smallest absolute Gasteiger partial charge is 0.313 e. The molecular formula is C23H17ClN4O6. The number of nitrogens with one attached hydrogen (secondary N) is 1. The van der Waals surface area contributed by atoms with E-state index in [-0.39, 0.29) is 33.5 Å². The van der Waals surface area contributed by atoms with Crippen molar-refractivity contribution in [3.8, 4) is 28.6 Å². The Labute approximate surface area is 198 Å². The molecule has 172 valence electrons. The fourth-order valence-corrected chi connectivity index (χ4v) is 3.29. The van der Waals surface area contributed by atoms with E-state index >= 15 is 0 Å². The zero-order valence-corrected chi connectivity index (χ0v) is 18.7. The molecular weight excluding hydrogens is 464 g/mol. The van der Waals surface area contributed by atoms with E-state index in [2.05, 4.69) is 15.5 Å². The summed E-state index contributed by atoms with van der Waals surface area (Å²) in [6.07, 6.45) is 0. The van der Waals surface area contributed by atoms with Gasteiger partial charge in [-0.25, -0.2) is 0 Å². The SMILES string of the molecule is COc1cc(C(=O)Nc2ccccc2-c2noc(C)n2)ccc1Oc1ccc(Cl)cc1[N+](=O)[O-]. The number of carbonyl (C=O) groups is 1. The number of aromatic nitrogens is 2. The van der Waals surface area contributed by atoms with Gasteiger partial charge in [0.15, 0.2) is 11.5 Å². The van der Waals surface area contributed by atoms with Crippen molar-refractivity contribution in [2.24, 2.45) is 0 Å². The van der Waals surface area contributed by atoms with Gasteiger partial charge in [0.1, 0.15) is 0 Å². The second kappa shape index (κ2) is 9.59. The molecule has 1 amide bonds. The molecule has 0 unspecified atom stereocenters. The quantitative estimate of drug-likeness (QED) is 0.265. The molecule has 0 aliphatic heterocycles. The van der Waals surface area contributed by atoms with Crippen LogP contribution in [0.3, 0.4) is 0 Å². The van der Waals surface area contributed by atoms with Crippen LogP contribution in [0.15, 0.2) is 65.2 Å². The number of nitrogens with zero attached hydrogens (tertiary/aromatic N) is 3. The minimum atomic E-state index is -0.599. The lowest BCUT2D eigenvalue weighted by atomic mass is 10.1. The summed E-state index contributed by atoms with van der Waals surface area (Å²) in [6, 6.07) is 15.5. The number of anilines is 1. The van der Waals surface area contributed by atoms with Crippen LogP contribution in [0.1, 0.15) is 16.2 Å². The molecule has 34 heavy (non-hydrogen) atoms. The van der Waals surface area contributed by atoms with Gasteiger partial charge in [0.05, 0.1) is 17.7 Å². The minimum absolute atomic E-state index is 0.0192. The van der Waals surface area contributed by atoms with Crippen LogP contribution in [-0.2, 0) is 0 Å². The Morgan fingerprint density at radius 1 is 1.09 bits per heavy atom. The third-order valence-corrected chi connectivity index (χ3v) is 4.94. The number of amides is 1. The number of aryl methyl sites for hydroxylation is 1. The summed E-state index contributed by atoms with van der Waals surface area (Å²) in [5.74, 6) is 0.701. The molecule has 4 rings (SSSR count). The van der Waals surface area contributed by atoms with E-state index in [0.29, 0.717) is 23.0 Å². The zero-order valence-electron chi connectivity index (χ0n) is 17.9. The number of nitro groups is 1. The molecule has 3 aromatic carbocycles. The summed E-state index contributed by atoms with van der Waals surface area (Å²) in [6.45, 7) is 1.67. The highest BCUT2D eigenvalue weighted by atomic mass is 35.5. The highest BCUT2D eigenvalue weighted by molar-refractivity contribution is 6.30. The third-order valence-electron chi connectivity index (χ3n) is 4.71. The van der Waals surface area contributed by atoms with Crippen LogP contribution in [0.4, 0.5) is 11.4 Å². The van der Waals surface area contributed by atoms with Crippen LogP contribution in [-0.4, -0.2) is 28.1 Å². The highest BCUT2D eigenvalue weighted by Crippen LogP contribution is 2.38. The molecule has 1 aromatic heterocycles. The first-order valence-electron chi connectivity index (χ1n) is 9.86. The molecule has 10 nitrogen and oxygen atoms in total. The van der Waals surface area contributed by atoms with E-state index in [9.17, 15) is 14.9 Å². The topological polar surface area (TPSA) is 130 Å². The first-order valence-corrected chi connectivity index (χ1v) is 10.2. The van der Waals surface area contributed by atoms with Crippen molar-refractivity contribution >= 4 is 28.9 Å². The molecule has 0 bridgehead atoms. The van der Waals surface area contributed by atoms with Crippen molar-refractivity contribution in [3.63, 3.8) is 0 Å². The van der Waals surface area contributed by atoms with Crippen LogP contribution in [0.5, 0.6) is 17.2 Å². The van der Waals surface area contributed by atoms with E-state index in [1.807, 2.05) is 0 Å². The average Bonchev–Trinajstić information content (AvgIpc) is 3.26. The van der Waals surface area contributed by atoms with Crippen molar-refractivity contribution < 1.29 is 23.7 Å². The molecule has 0 aliphatic rings. The molecule has 4 aromatic rings. The van der Waals surface area contributed by atoms with Gasteiger partial charge in [0.2, 0.25) is 17.5 Å². The van der Waals surface area contributed by atoms with Gasteiger partial charge < -0.3 is 19.3 Å². The number of ether oxygens (including phenoxy) is 2. The lowest BCUT2D eigenvalue weighted by molar-refractivity contribution is -0.385. The largest absolute Gasteiger partial charge is 0.493 e. The predicted octanol–water partition coefficient (Wildman–Crippen LogP) is 5.66. The van der Waals surface area contributed by atoms with Crippen LogP contribution >= 0.6 is 11.6 Å². The maximum atomic E-state index is 12.9. The van der Waals surface area contributed by atoms with E-state index in [1.165, 1.54) is 43.5 Å². The minimum Gasteiger partial charge on any atom is -0.493 e. The van der Waals surface area contributed by atoms with E-state index in [1.54, 1.807) is 31.2 Å². The summed E-state index contributed by atoms with van der Waals surface area (Å²) in [5.41, 5.74) is 1.05. The summed E-state index contributed by atoms with van der Waals surface area (Å²) < 4.78 is 16.1. The number of halogens is 1. The Kier molecular flexibility index (Phi) is 6.42. The van der Waals surface area contributed by atoms with Crippen molar-refractivity contribution in [3.05, 3.63) is 87.3 Å². The first-order chi connectivity index (χ1) is 16.4. The Hall–Kier alpha value is -4.44. The number of benzene rings is 3. The van der Waals surface area contributed by atoms with Gasteiger partial charge >= 0.3 is 5.69 Å². The summed E-state index contributed by atoms with van der Waals surface area (Å²) in [5, 5.41) is 18.3. The molecule has 0 saturated heterocycles. The lowest BCUT2D eigenvalue weighted by Crippen LogP contribution is -2.13. The molecule has 1 N–H and O–H groups in total. The van der Waals surface area contributed by atoms with Gasteiger partial charge in [-0.2, -0.15) is 4.98 Å². The Morgan fingerprint density at radius 3 is 2.56 bits per heavy atom. The summed E-state index contributed by atoms with van der Waals surface area (Å²) in [4.78, 5) is 27.9. The van der Waals surface area contributed by atoms with Gasteiger partial charge in [-0.15, -0.1) is 0 Å². The Morgan fingerprint density at radius 2 is 1.85 bits per heavy atom. The molecule has 0 aliphatic carbocycles. The predicted molar refractivity (Wildman–Crippen MR) is 124 cm³/mol. The number of methoxy groups -OCH3 is 1. The molecule has 11 heteroatoms. The maximum absolute atomic E-state index is 12.9. The number of para-hydroxylation sites is 1. The molecule has 1 heterocycles. The van der Waals surface area contributed by atoms with Gasteiger partial charge in [-0.1, -0.05) is 28.9 Å². The van der Waals surface area contributed by atoms with E-state index < -0.39 is 10.8 Å². The molecule has 0 fully saturated rings. The molecule has 0 spiro atoms. The number of rotatable bonds is 7. The monoisotopic (exact) mass is 480 g/mol. The van der Waals surface area contributed by atoms with E-state index in [4.69, 9.17) is 25.6 Å². The van der Waals surface area contributed by atoms with Gasteiger partial charge in [0.25, 0.3) is 5.91 Å². The fourth-order valence-electron chi connectivity index (χ4n) is 3.12.